The minimum absolute atomic E-state index is 0.559. The summed E-state index contributed by atoms with van der Waals surface area (Å²) in [5.41, 5.74) is 7.85. The molecule has 0 aliphatic heterocycles. The van der Waals surface area contributed by atoms with Crippen molar-refractivity contribution in [3.8, 4) is 11.5 Å². The highest BCUT2D eigenvalue weighted by Crippen LogP contribution is 2.24. The third-order valence-corrected chi connectivity index (χ3v) is 3.31. The van der Waals surface area contributed by atoms with Gasteiger partial charge in [0.1, 0.15) is 11.5 Å². The van der Waals surface area contributed by atoms with Crippen LogP contribution in [0.25, 0.3) is 5.57 Å². The van der Waals surface area contributed by atoms with E-state index in [1.807, 2.05) is 54.6 Å². The van der Waals surface area contributed by atoms with Crippen molar-refractivity contribution < 1.29 is 4.74 Å². The van der Waals surface area contributed by atoms with Gasteiger partial charge in [0.2, 0.25) is 0 Å². The first-order valence-electron chi connectivity index (χ1n) is 6.10. The molecule has 0 heterocycles. The molecule has 2 nitrogen and oxygen atoms in total. The summed E-state index contributed by atoms with van der Waals surface area (Å²) in [7, 11) is 0. The van der Waals surface area contributed by atoms with Gasteiger partial charge in [0, 0.05) is 11.0 Å². The van der Waals surface area contributed by atoms with Gasteiger partial charge in [0.25, 0.3) is 0 Å². The molecule has 0 bridgehead atoms. The minimum Gasteiger partial charge on any atom is -0.457 e. The van der Waals surface area contributed by atoms with Gasteiger partial charge in [-0.05, 0) is 54.5 Å². The summed E-state index contributed by atoms with van der Waals surface area (Å²) < 4.78 is 6.80. The molecule has 2 N–H and O–H groups in total. The standard InChI is InChI=1S/C16H16BrNO/c1-12(10-11-18)13-2-6-15(7-3-13)19-16-8-4-14(17)5-9-16/h2-10H,11,18H2,1H3. The lowest BCUT2D eigenvalue weighted by Gasteiger charge is -2.07. The first-order chi connectivity index (χ1) is 9.19. The van der Waals surface area contributed by atoms with Crippen LogP contribution >= 0.6 is 15.9 Å². The van der Waals surface area contributed by atoms with E-state index >= 15 is 0 Å². The molecule has 2 aromatic rings. The Labute approximate surface area is 122 Å². The van der Waals surface area contributed by atoms with Gasteiger partial charge in [-0.15, -0.1) is 0 Å². The lowest BCUT2D eigenvalue weighted by atomic mass is 10.1. The third kappa shape index (κ3) is 3.94. The molecular formula is C16H16BrNO. The van der Waals surface area contributed by atoms with Crippen LogP contribution in [0.4, 0.5) is 0 Å². The summed E-state index contributed by atoms with van der Waals surface area (Å²) in [6.45, 7) is 2.61. The average molecular weight is 318 g/mol. The van der Waals surface area contributed by atoms with E-state index in [9.17, 15) is 0 Å². The first kappa shape index (κ1) is 13.8. The van der Waals surface area contributed by atoms with Crippen molar-refractivity contribution in [3.63, 3.8) is 0 Å². The summed E-state index contributed by atoms with van der Waals surface area (Å²) in [5, 5.41) is 0. The van der Waals surface area contributed by atoms with E-state index in [0.717, 1.165) is 21.5 Å². The van der Waals surface area contributed by atoms with Gasteiger partial charge < -0.3 is 10.5 Å². The van der Waals surface area contributed by atoms with Crippen molar-refractivity contribution in [2.75, 3.05) is 6.54 Å². The molecule has 0 saturated heterocycles. The van der Waals surface area contributed by atoms with Gasteiger partial charge in [-0.1, -0.05) is 34.1 Å². The molecule has 0 radical (unpaired) electrons. The van der Waals surface area contributed by atoms with Crippen molar-refractivity contribution >= 4 is 21.5 Å². The second-order valence-corrected chi connectivity index (χ2v) is 5.12. The fourth-order valence-corrected chi connectivity index (χ4v) is 1.98. The summed E-state index contributed by atoms with van der Waals surface area (Å²) in [5.74, 6) is 1.65. The maximum absolute atomic E-state index is 5.76. The molecule has 0 atom stereocenters. The zero-order chi connectivity index (χ0) is 13.7. The highest BCUT2D eigenvalue weighted by atomic mass is 79.9. The smallest absolute Gasteiger partial charge is 0.127 e. The van der Waals surface area contributed by atoms with E-state index in [-0.39, 0.29) is 0 Å². The predicted octanol–water partition coefficient (Wildman–Crippen LogP) is 4.60. The zero-order valence-corrected chi connectivity index (χ0v) is 12.4. The Kier molecular flexibility index (Phi) is 4.77. The van der Waals surface area contributed by atoms with Gasteiger partial charge in [0.05, 0.1) is 0 Å². The molecule has 19 heavy (non-hydrogen) atoms. The van der Waals surface area contributed by atoms with Crippen LogP contribution in [0.3, 0.4) is 0 Å². The van der Waals surface area contributed by atoms with Gasteiger partial charge in [0.15, 0.2) is 0 Å². The van der Waals surface area contributed by atoms with Crippen LogP contribution in [0.5, 0.6) is 11.5 Å². The maximum Gasteiger partial charge on any atom is 0.127 e. The molecule has 0 saturated carbocycles. The quantitative estimate of drug-likeness (QED) is 0.894. The summed E-state index contributed by atoms with van der Waals surface area (Å²) in [6, 6.07) is 15.8. The molecular weight excluding hydrogens is 302 g/mol. The lowest BCUT2D eigenvalue weighted by molar-refractivity contribution is 0.482. The van der Waals surface area contributed by atoms with Gasteiger partial charge in [-0.25, -0.2) is 0 Å². The van der Waals surface area contributed by atoms with Crippen molar-refractivity contribution in [1.82, 2.24) is 0 Å². The number of nitrogens with two attached hydrogens (primary N) is 1. The molecule has 0 amide bonds. The Morgan fingerprint density at radius 1 is 1.05 bits per heavy atom. The van der Waals surface area contributed by atoms with Crippen molar-refractivity contribution in [1.29, 1.82) is 0 Å². The normalized spacial score (nSPS) is 11.4. The average Bonchev–Trinajstić information content (AvgIpc) is 2.42. The Hall–Kier alpha value is -1.58. The number of hydrogen-bond acceptors (Lipinski definition) is 2. The number of ether oxygens (including phenoxy) is 1. The van der Waals surface area contributed by atoms with Gasteiger partial charge >= 0.3 is 0 Å². The Balaban J connectivity index is 2.10. The largest absolute Gasteiger partial charge is 0.457 e. The maximum atomic E-state index is 5.76. The first-order valence-corrected chi connectivity index (χ1v) is 6.89. The zero-order valence-electron chi connectivity index (χ0n) is 10.8. The summed E-state index contributed by atoms with van der Waals surface area (Å²) in [6.07, 6.45) is 2.00. The summed E-state index contributed by atoms with van der Waals surface area (Å²) >= 11 is 3.40. The van der Waals surface area contributed by atoms with Crippen LogP contribution in [0, 0.1) is 0 Å². The number of rotatable bonds is 4. The molecule has 0 aromatic heterocycles. The van der Waals surface area contributed by atoms with Crippen LogP contribution in [0.2, 0.25) is 0 Å². The molecule has 2 aromatic carbocycles. The molecule has 0 fully saturated rings. The second-order valence-electron chi connectivity index (χ2n) is 4.20. The van der Waals surface area contributed by atoms with Crippen LogP contribution in [0.15, 0.2) is 59.1 Å². The topological polar surface area (TPSA) is 35.2 Å². The van der Waals surface area contributed by atoms with Crippen molar-refractivity contribution in [2.24, 2.45) is 5.73 Å². The SMILES string of the molecule is CC(=CCN)c1ccc(Oc2ccc(Br)cc2)cc1. The van der Waals surface area contributed by atoms with Crippen molar-refractivity contribution in [2.45, 2.75) is 6.92 Å². The van der Waals surface area contributed by atoms with Crippen molar-refractivity contribution in [3.05, 3.63) is 64.6 Å². The molecule has 0 spiro atoms. The molecule has 0 unspecified atom stereocenters. The molecule has 3 heteroatoms. The van der Waals surface area contributed by atoms with Gasteiger partial charge in [-0.2, -0.15) is 0 Å². The number of halogens is 1. The van der Waals surface area contributed by atoms with Crippen LogP contribution in [-0.4, -0.2) is 6.54 Å². The highest BCUT2D eigenvalue weighted by Gasteiger charge is 1.99. The molecule has 0 aliphatic rings. The fourth-order valence-electron chi connectivity index (χ4n) is 1.72. The van der Waals surface area contributed by atoms with E-state index < -0.39 is 0 Å². The Morgan fingerprint density at radius 2 is 1.58 bits per heavy atom. The monoisotopic (exact) mass is 317 g/mol. The molecule has 0 aliphatic carbocycles. The lowest BCUT2D eigenvalue weighted by Crippen LogP contribution is -1.94. The van der Waals surface area contributed by atoms with E-state index in [4.69, 9.17) is 10.5 Å². The summed E-state index contributed by atoms with van der Waals surface area (Å²) in [4.78, 5) is 0. The van der Waals surface area contributed by atoms with E-state index in [1.54, 1.807) is 0 Å². The molecule has 98 valence electrons. The van der Waals surface area contributed by atoms with Crippen LogP contribution < -0.4 is 10.5 Å². The predicted molar refractivity (Wildman–Crippen MR) is 83.4 cm³/mol. The van der Waals surface area contributed by atoms with Crippen LogP contribution in [-0.2, 0) is 0 Å². The van der Waals surface area contributed by atoms with E-state index in [1.165, 1.54) is 5.57 Å². The Morgan fingerprint density at radius 3 is 2.11 bits per heavy atom. The number of hydrogen-bond donors (Lipinski definition) is 1. The number of benzene rings is 2. The molecule has 2 rings (SSSR count). The second kappa shape index (κ2) is 6.55. The number of allylic oxidation sites excluding steroid dienone is 1. The van der Waals surface area contributed by atoms with Crippen LogP contribution in [0.1, 0.15) is 12.5 Å². The van der Waals surface area contributed by atoms with E-state index in [2.05, 4.69) is 22.9 Å². The third-order valence-electron chi connectivity index (χ3n) is 2.78. The van der Waals surface area contributed by atoms with Gasteiger partial charge in [-0.3, -0.25) is 0 Å². The highest BCUT2D eigenvalue weighted by molar-refractivity contribution is 9.10. The fraction of sp³-hybridized carbons (Fsp3) is 0.125. The minimum atomic E-state index is 0.559. The van der Waals surface area contributed by atoms with E-state index in [0.29, 0.717) is 6.54 Å². The Bertz CT molecular complexity index is 558.